The summed E-state index contributed by atoms with van der Waals surface area (Å²) in [5.74, 6) is 0. The van der Waals surface area contributed by atoms with E-state index in [1.54, 1.807) is 6.07 Å². The van der Waals surface area contributed by atoms with E-state index < -0.39 is 11.9 Å². The van der Waals surface area contributed by atoms with E-state index in [1.807, 2.05) is 0 Å². The number of aromatic nitrogens is 2. The maximum Gasteiger partial charge on any atom is 0.435 e. The molecule has 14 heavy (non-hydrogen) atoms. The molecule has 6 heteroatoms. The molecule has 1 heterocycles. The van der Waals surface area contributed by atoms with E-state index in [0.717, 1.165) is 4.68 Å². The van der Waals surface area contributed by atoms with Gasteiger partial charge in [0.2, 0.25) is 0 Å². The maximum absolute atomic E-state index is 12.3. The minimum atomic E-state index is -4.44. The molecule has 3 nitrogen and oxygen atoms in total. The van der Waals surface area contributed by atoms with Gasteiger partial charge in [-0.25, -0.2) is 0 Å². The van der Waals surface area contributed by atoms with Crippen molar-refractivity contribution in [2.75, 3.05) is 0 Å². The summed E-state index contributed by atoms with van der Waals surface area (Å²) in [5, 5.41) is 11.6. The zero-order chi connectivity index (χ0) is 10.8. The molecule has 0 bridgehead atoms. The molecule has 1 aromatic heterocycles. The van der Waals surface area contributed by atoms with Gasteiger partial charge in [0.15, 0.2) is 5.69 Å². The molecule has 0 atom stereocenters. The number of hydrogen-bond acceptors (Lipinski definition) is 2. The minimum Gasteiger partial charge on any atom is -0.275 e. The van der Waals surface area contributed by atoms with Gasteiger partial charge in [0, 0.05) is 25.2 Å². The van der Waals surface area contributed by atoms with E-state index in [2.05, 4.69) is 5.10 Å². The summed E-state index contributed by atoms with van der Waals surface area (Å²) in [6, 6.07) is 1.80. The highest BCUT2D eigenvalue weighted by atomic mass is 19.4. The van der Waals surface area contributed by atoms with Crippen molar-refractivity contribution >= 4 is 0 Å². The van der Waals surface area contributed by atoms with Gasteiger partial charge >= 0.3 is 6.18 Å². The second-order valence-corrected chi connectivity index (χ2v) is 2.83. The Labute approximate surface area is 78.8 Å². The molecule has 0 amide bonds. The minimum absolute atomic E-state index is 0.0643. The van der Waals surface area contributed by atoms with Crippen LogP contribution in [-0.2, 0) is 19.6 Å². The van der Waals surface area contributed by atoms with E-state index in [4.69, 9.17) is 5.26 Å². The van der Waals surface area contributed by atoms with Crippen LogP contribution < -0.4 is 0 Å². The number of hydrogen-bond donors (Lipinski definition) is 0. The molecule has 0 N–H and O–H groups in total. The first-order valence-electron chi connectivity index (χ1n) is 3.92. The van der Waals surface area contributed by atoms with Crippen LogP contribution in [0.15, 0.2) is 6.20 Å². The van der Waals surface area contributed by atoms with E-state index in [0.29, 0.717) is 0 Å². The average molecular weight is 203 g/mol. The van der Waals surface area contributed by atoms with Crippen molar-refractivity contribution in [3.8, 4) is 6.07 Å². The Hall–Kier alpha value is -1.51. The third-order valence-electron chi connectivity index (χ3n) is 1.68. The highest BCUT2D eigenvalue weighted by molar-refractivity contribution is 5.20. The molecule has 0 fully saturated rings. The number of nitrogens with zero attached hydrogens (tertiary/aromatic N) is 3. The molecule has 76 valence electrons. The van der Waals surface area contributed by atoms with Crippen LogP contribution in [0.5, 0.6) is 0 Å². The van der Waals surface area contributed by atoms with Gasteiger partial charge in [0.25, 0.3) is 0 Å². The van der Waals surface area contributed by atoms with Gasteiger partial charge < -0.3 is 0 Å². The van der Waals surface area contributed by atoms with Crippen LogP contribution in [0.1, 0.15) is 17.7 Å². The van der Waals surface area contributed by atoms with Gasteiger partial charge in [-0.05, 0) is 6.42 Å². The van der Waals surface area contributed by atoms with Crippen LogP contribution in [-0.4, -0.2) is 9.78 Å². The highest BCUT2D eigenvalue weighted by Gasteiger charge is 2.36. The number of halogens is 3. The van der Waals surface area contributed by atoms with Gasteiger partial charge in [-0.2, -0.15) is 23.5 Å². The van der Waals surface area contributed by atoms with Gasteiger partial charge in [-0.1, -0.05) is 0 Å². The lowest BCUT2D eigenvalue weighted by Gasteiger charge is -2.03. The van der Waals surface area contributed by atoms with Crippen molar-refractivity contribution in [1.82, 2.24) is 9.78 Å². The van der Waals surface area contributed by atoms with Gasteiger partial charge in [-0.3, -0.25) is 4.68 Å². The number of nitriles is 1. The molecule has 0 saturated carbocycles. The normalized spacial score (nSPS) is 11.4. The smallest absolute Gasteiger partial charge is 0.275 e. The Bertz CT molecular complexity index is 359. The monoisotopic (exact) mass is 203 g/mol. The Morgan fingerprint density at radius 3 is 2.71 bits per heavy atom. The van der Waals surface area contributed by atoms with Gasteiger partial charge in [-0.15, -0.1) is 0 Å². The van der Waals surface area contributed by atoms with E-state index in [1.165, 1.54) is 13.2 Å². The first-order chi connectivity index (χ1) is 6.45. The van der Waals surface area contributed by atoms with Crippen molar-refractivity contribution < 1.29 is 13.2 Å². The fourth-order valence-corrected chi connectivity index (χ4v) is 1.15. The molecule has 0 aliphatic carbocycles. The predicted octanol–water partition coefficient (Wildman–Crippen LogP) is 1.90. The number of rotatable bonds is 2. The number of alkyl halides is 3. The van der Waals surface area contributed by atoms with Crippen LogP contribution in [0.25, 0.3) is 0 Å². The van der Waals surface area contributed by atoms with Crippen LogP contribution in [0.3, 0.4) is 0 Å². The predicted molar refractivity (Wildman–Crippen MR) is 42.1 cm³/mol. The lowest BCUT2D eigenvalue weighted by Crippen LogP contribution is -2.09. The SMILES string of the molecule is Cn1cc(CCC#N)c(C(F)(F)F)n1. The molecule has 1 rings (SSSR count). The lowest BCUT2D eigenvalue weighted by molar-refractivity contribution is -0.142. The average Bonchev–Trinajstić information content (AvgIpc) is 2.42. The second kappa shape index (κ2) is 3.70. The second-order valence-electron chi connectivity index (χ2n) is 2.83. The Morgan fingerprint density at radius 2 is 2.21 bits per heavy atom. The van der Waals surface area contributed by atoms with Crippen LogP contribution in [0.2, 0.25) is 0 Å². The topological polar surface area (TPSA) is 41.6 Å². The molecular formula is C8H8F3N3. The highest BCUT2D eigenvalue weighted by Crippen LogP contribution is 2.30. The quantitative estimate of drug-likeness (QED) is 0.736. The Morgan fingerprint density at radius 1 is 1.57 bits per heavy atom. The summed E-state index contributed by atoms with van der Waals surface area (Å²) < 4.78 is 38.1. The van der Waals surface area contributed by atoms with Crippen molar-refractivity contribution in [3.05, 3.63) is 17.5 Å². The summed E-state index contributed by atoms with van der Waals surface area (Å²) in [4.78, 5) is 0. The van der Waals surface area contributed by atoms with Crippen molar-refractivity contribution in [3.63, 3.8) is 0 Å². The van der Waals surface area contributed by atoms with Gasteiger partial charge in [0.05, 0.1) is 6.07 Å². The standard InChI is InChI=1S/C8H8F3N3/c1-14-5-6(3-2-4-12)7(13-14)8(9,10)11/h5H,2-3H2,1H3. The molecule has 0 aliphatic heterocycles. The van der Waals surface area contributed by atoms with Crippen LogP contribution in [0, 0.1) is 11.3 Å². The van der Waals surface area contributed by atoms with Crippen LogP contribution >= 0.6 is 0 Å². The molecule has 0 unspecified atom stereocenters. The fourth-order valence-electron chi connectivity index (χ4n) is 1.15. The van der Waals surface area contributed by atoms with Crippen molar-refractivity contribution in [2.24, 2.45) is 7.05 Å². The fraction of sp³-hybridized carbons (Fsp3) is 0.500. The zero-order valence-electron chi connectivity index (χ0n) is 7.47. The molecule has 1 aromatic rings. The molecule has 0 saturated heterocycles. The molecule has 0 radical (unpaired) electrons. The van der Waals surface area contributed by atoms with Crippen molar-refractivity contribution in [1.29, 1.82) is 5.26 Å². The molecule has 0 spiro atoms. The summed E-state index contributed by atoms with van der Waals surface area (Å²) >= 11 is 0. The third kappa shape index (κ3) is 2.25. The largest absolute Gasteiger partial charge is 0.435 e. The molecule has 0 aliphatic rings. The van der Waals surface area contributed by atoms with Crippen LogP contribution in [0.4, 0.5) is 13.2 Å². The van der Waals surface area contributed by atoms with E-state index in [-0.39, 0.29) is 18.4 Å². The lowest BCUT2D eigenvalue weighted by atomic mass is 10.1. The Balaban J connectivity index is 2.98. The summed E-state index contributed by atoms with van der Waals surface area (Å²) in [6.45, 7) is 0. The summed E-state index contributed by atoms with van der Waals surface area (Å²) in [7, 11) is 1.42. The molecule has 0 aromatic carbocycles. The van der Waals surface area contributed by atoms with E-state index >= 15 is 0 Å². The molecular weight excluding hydrogens is 195 g/mol. The van der Waals surface area contributed by atoms with Crippen molar-refractivity contribution in [2.45, 2.75) is 19.0 Å². The first-order valence-corrected chi connectivity index (χ1v) is 3.92. The van der Waals surface area contributed by atoms with Gasteiger partial charge in [0.1, 0.15) is 0 Å². The zero-order valence-corrected chi connectivity index (χ0v) is 7.47. The maximum atomic E-state index is 12.3. The Kier molecular flexibility index (Phi) is 2.79. The third-order valence-corrected chi connectivity index (χ3v) is 1.68. The first kappa shape index (κ1) is 10.6. The summed E-state index contributed by atoms with van der Waals surface area (Å²) in [5.41, 5.74) is -0.822. The van der Waals surface area contributed by atoms with E-state index in [9.17, 15) is 13.2 Å². The number of aryl methyl sites for hydroxylation is 2. The summed E-state index contributed by atoms with van der Waals surface area (Å²) in [6.07, 6.45) is -3.00.